The van der Waals surface area contributed by atoms with Gasteiger partial charge in [0.2, 0.25) is 0 Å². The normalized spacial score (nSPS) is 11.0. The molecule has 174 valence electrons. The Morgan fingerprint density at radius 3 is 2.22 bits per heavy atom. The van der Waals surface area contributed by atoms with E-state index in [2.05, 4.69) is 0 Å². The summed E-state index contributed by atoms with van der Waals surface area (Å²) >= 11 is 0. The van der Waals surface area contributed by atoms with Gasteiger partial charge in [0.05, 0.1) is 36.5 Å². The van der Waals surface area contributed by atoms with E-state index in [0.717, 1.165) is 9.87 Å². The third-order valence-corrected chi connectivity index (χ3v) is 6.45. The molecule has 0 heterocycles. The van der Waals surface area contributed by atoms with Crippen LogP contribution in [0.15, 0.2) is 47.4 Å². The van der Waals surface area contributed by atoms with Crippen molar-refractivity contribution in [1.29, 1.82) is 0 Å². The van der Waals surface area contributed by atoms with Crippen molar-refractivity contribution >= 4 is 27.6 Å². The average molecular weight is 464 g/mol. The van der Waals surface area contributed by atoms with E-state index >= 15 is 0 Å². The number of rotatable bonds is 11. The standard InChI is InChI=1S/C23H29NO7S/c1-5-30-22(25)8-7-15-24(32(27,28)19-12-9-17(3)10-13-19)21-16-18(29-4)11-14-20(21)23(26)31-6-2/h9-14,16H,5-8,15H2,1-4H3. The molecule has 0 aliphatic carbocycles. The Morgan fingerprint density at radius 2 is 1.62 bits per heavy atom. The predicted octanol–water partition coefficient (Wildman–Crippen LogP) is 3.72. The van der Waals surface area contributed by atoms with Gasteiger partial charge in [-0.05, 0) is 51.5 Å². The van der Waals surface area contributed by atoms with Gasteiger partial charge in [-0.1, -0.05) is 17.7 Å². The molecule has 0 N–H and O–H groups in total. The second-order valence-electron chi connectivity index (χ2n) is 6.90. The second-order valence-corrected chi connectivity index (χ2v) is 8.76. The number of ether oxygens (including phenoxy) is 3. The molecule has 0 amide bonds. The van der Waals surface area contributed by atoms with E-state index in [1.54, 1.807) is 32.0 Å². The quantitative estimate of drug-likeness (QED) is 0.468. The van der Waals surface area contributed by atoms with Crippen LogP contribution in [0, 0.1) is 6.92 Å². The molecular formula is C23H29NO7S. The molecule has 0 unspecified atom stereocenters. The molecular weight excluding hydrogens is 434 g/mol. The van der Waals surface area contributed by atoms with Crippen LogP contribution in [0.2, 0.25) is 0 Å². The highest BCUT2D eigenvalue weighted by atomic mass is 32.2. The van der Waals surface area contributed by atoms with E-state index < -0.39 is 22.0 Å². The molecule has 0 aliphatic rings. The molecule has 0 atom stereocenters. The van der Waals surface area contributed by atoms with Gasteiger partial charge >= 0.3 is 11.9 Å². The Hall–Kier alpha value is -3.07. The van der Waals surface area contributed by atoms with Crippen molar-refractivity contribution in [2.75, 3.05) is 31.2 Å². The molecule has 0 radical (unpaired) electrons. The van der Waals surface area contributed by atoms with E-state index in [0.29, 0.717) is 5.75 Å². The minimum absolute atomic E-state index is 0.0342. The molecule has 0 aliphatic heterocycles. The van der Waals surface area contributed by atoms with Crippen molar-refractivity contribution in [3.63, 3.8) is 0 Å². The second kappa shape index (κ2) is 11.5. The van der Waals surface area contributed by atoms with Crippen LogP contribution in [-0.4, -0.2) is 47.2 Å². The summed E-state index contributed by atoms with van der Waals surface area (Å²) < 4.78 is 43.6. The monoisotopic (exact) mass is 463 g/mol. The number of carbonyl (C=O) groups is 2. The van der Waals surface area contributed by atoms with Gasteiger partial charge < -0.3 is 14.2 Å². The first-order valence-corrected chi connectivity index (χ1v) is 11.8. The summed E-state index contributed by atoms with van der Waals surface area (Å²) in [6.07, 6.45) is 0.232. The zero-order valence-corrected chi connectivity index (χ0v) is 19.6. The maximum Gasteiger partial charge on any atom is 0.340 e. The van der Waals surface area contributed by atoms with Gasteiger partial charge in [-0.2, -0.15) is 0 Å². The van der Waals surface area contributed by atoms with Gasteiger partial charge in [0.15, 0.2) is 0 Å². The molecule has 0 spiro atoms. The summed E-state index contributed by atoms with van der Waals surface area (Å²) in [6.45, 7) is 5.56. The van der Waals surface area contributed by atoms with E-state index in [-0.39, 0.29) is 48.7 Å². The summed E-state index contributed by atoms with van der Waals surface area (Å²) in [4.78, 5) is 24.4. The average Bonchev–Trinajstić information content (AvgIpc) is 2.77. The van der Waals surface area contributed by atoms with Crippen LogP contribution >= 0.6 is 0 Å². The highest BCUT2D eigenvalue weighted by molar-refractivity contribution is 7.92. The SMILES string of the molecule is CCOC(=O)CCCN(c1cc(OC)ccc1C(=O)OCC)S(=O)(=O)c1ccc(C)cc1. The molecule has 9 heteroatoms. The van der Waals surface area contributed by atoms with E-state index in [1.165, 1.54) is 31.4 Å². The third kappa shape index (κ3) is 6.23. The third-order valence-electron chi connectivity index (χ3n) is 4.63. The number of methoxy groups -OCH3 is 1. The van der Waals surface area contributed by atoms with E-state index in [4.69, 9.17) is 14.2 Å². The zero-order valence-electron chi connectivity index (χ0n) is 18.8. The van der Waals surface area contributed by atoms with Crippen LogP contribution in [0.5, 0.6) is 5.75 Å². The largest absolute Gasteiger partial charge is 0.497 e. The number of sulfonamides is 1. The van der Waals surface area contributed by atoms with Crippen LogP contribution in [-0.2, 0) is 24.3 Å². The molecule has 2 rings (SSSR count). The minimum Gasteiger partial charge on any atom is -0.497 e. The van der Waals surface area contributed by atoms with Crippen molar-refractivity contribution in [3.05, 3.63) is 53.6 Å². The number of hydrogen-bond acceptors (Lipinski definition) is 7. The van der Waals surface area contributed by atoms with Crippen molar-refractivity contribution in [2.24, 2.45) is 0 Å². The fourth-order valence-electron chi connectivity index (χ4n) is 3.03. The Bertz CT molecular complexity index is 1030. The molecule has 0 saturated carbocycles. The van der Waals surface area contributed by atoms with Gasteiger partial charge in [-0.15, -0.1) is 0 Å². The summed E-state index contributed by atoms with van der Waals surface area (Å²) in [7, 11) is -2.61. The summed E-state index contributed by atoms with van der Waals surface area (Å²) in [5.74, 6) is -0.696. The number of aryl methyl sites for hydroxylation is 1. The number of nitrogens with zero attached hydrogens (tertiary/aromatic N) is 1. The molecule has 0 bridgehead atoms. The van der Waals surface area contributed by atoms with Gasteiger partial charge in [0.25, 0.3) is 10.0 Å². The van der Waals surface area contributed by atoms with Crippen LogP contribution in [0.4, 0.5) is 5.69 Å². The maximum absolute atomic E-state index is 13.6. The highest BCUT2D eigenvalue weighted by Gasteiger charge is 2.29. The fourth-order valence-corrected chi connectivity index (χ4v) is 4.55. The van der Waals surface area contributed by atoms with Crippen LogP contribution in [0.3, 0.4) is 0 Å². The summed E-state index contributed by atoms with van der Waals surface area (Å²) in [6, 6.07) is 10.9. The Morgan fingerprint density at radius 1 is 0.969 bits per heavy atom. The van der Waals surface area contributed by atoms with Gasteiger partial charge in [-0.25, -0.2) is 13.2 Å². The Kier molecular flexibility index (Phi) is 9.07. The maximum atomic E-state index is 13.6. The lowest BCUT2D eigenvalue weighted by atomic mass is 10.1. The van der Waals surface area contributed by atoms with E-state index in [9.17, 15) is 18.0 Å². The first-order chi connectivity index (χ1) is 15.2. The lowest BCUT2D eigenvalue weighted by Gasteiger charge is -2.26. The van der Waals surface area contributed by atoms with Crippen molar-refractivity contribution in [3.8, 4) is 5.75 Å². The van der Waals surface area contributed by atoms with Gasteiger partial charge in [-0.3, -0.25) is 9.10 Å². The smallest absolute Gasteiger partial charge is 0.340 e. The Labute approximate surface area is 189 Å². The fraction of sp³-hybridized carbons (Fsp3) is 0.391. The first kappa shape index (κ1) is 25.2. The lowest BCUT2D eigenvalue weighted by Crippen LogP contribution is -2.34. The predicted molar refractivity (Wildman–Crippen MR) is 121 cm³/mol. The molecule has 32 heavy (non-hydrogen) atoms. The summed E-state index contributed by atoms with van der Waals surface area (Å²) in [5.41, 5.74) is 1.11. The van der Waals surface area contributed by atoms with Crippen molar-refractivity contribution < 1.29 is 32.2 Å². The Balaban J connectivity index is 2.56. The molecule has 8 nitrogen and oxygen atoms in total. The number of carbonyl (C=O) groups excluding carboxylic acids is 2. The van der Waals surface area contributed by atoms with Crippen molar-refractivity contribution in [2.45, 2.75) is 38.5 Å². The molecule has 0 fully saturated rings. The van der Waals surface area contributed by atoms with Gasteiger partial charge in [0.1, 0.15) is 5.75 Å². The minimum atomic E-state index is -4.06. The molecule has 2 aromatic carbocycles. The number of benzene rings is 2. The summed E-state index contributed by atoms with van der Waals surface area (Å²) in [5, 5.41) is 0. The number of anilines is 1. The molecule has 0 saturated heterocycles. The zero-order chi connectivity index (χ0) is 23.7. The van der Waals surface area contributed by atoms with Crippen LogP contribution < -0.4 is 9.04 Å². The van der Waals surface area contributed by atoms with Crippen molar-refractivity contribution in [1.82, 2.24) is 0 Å². The topological polar surface area (TPSA) is 99.2 Å². The first-order valence-electron chi connectivity index (χ1n) is 10.3. The van der Waals surface area contributed by atoms with Gasteiger partial charge in [0, 0.05) is 19.0 Å². The molecule has 2 aromatic rings. The lowest BCUT2D eigenvalue weighted by molar-refractivity contribution is -0.143. The number of hydrogen-bond donors (Lipinski definition) is 0. The van der Waals surface area contributed by atoms with E-state index in [1.807, 2.05) is 6.92 Å². The highest BCUT2D eigenvalue weighted by Crippen LogP contribution is 2.32. The molecule has 0 aromatic heterocycles. The van der Waals surface area contributed by atoms with Crippen LogP contribution in [0.25, 0.3) is 0 Å². The number of esters is 2. The van der Waals surface area contributed by atoms with Crippen LogP contribution in [0.1, 0.15) is 42.6 Å².